The molecule has 1 amide bonds. The van der Waals surface area contributed by atoms with Gasteiger partial charge in [-0.25, -0.2) is 0 Å². The number of methoxy groups -OCH3 is 1. The number of carbonyl (C=O) groups excluding carboxylic acids is 1. The summed E-state index contributed by atoms with van der Waals surface area (Å²) in [6.07, 6.45) is 0. The molecule has 0 saturated heterocycles. The third-order valence-corrected chi connectivity index (χ3v) is 3.87. The Balaban J connectivity index is 1.87. The molecule has 0 aliphatic heterocycles. The lowest BCUT2D eigenvalue weighted by Crippen LogP contribution is -2.14. The van der Waals surface area contributed by atoms with Crippen molar-refractivity contribution in [3.05, 3.63) is 59.0 Å². The largest absolute Gasteiger partial charge is 0.496 e. The van der Waals surface area contributed by atoms with E-state index >= 15 is 0 Å². The molecule has 0 aliphatic rings. The number of nitrogens with zero attached hydrogens (tertiary/aromatic N) is 2. The van der Waals surface area contributed by atoms with Crippen LogP contribution in [0.1, 0.15) is 27.4 Å². The zero-order valence-electron chi connectivity index (χ0n) is 14.6. The summed E-state index contributed by atoms with van der Waals surface area (Å²) >= 11 is 0. The summed E-state index contributed by atoms with van der Waals surface area (Å²) in [7, 11) is 1.56. The topological polar surface area (TPSA) is 77.2 Å². The lowest BCUT2D eigenvalue weighted by atomic mass is 10.1. The lowest BCUT2D eigenvalue weighted by molar-refractivity contribution is 0.0990. The van der Waals surface area contributed by atoms with Crippen molar-refractivity contribution in [3.63, 3.8) is 0 Å². The molecule has 0 saturated carbocycles. The zero-order chi connectivity index (χ0) is 18.0. The second-order valence-electron chi connectivity index (χ2n) is 5.84. The molecule has 0 aliphatic carbocycles. The molecular formula is C19H19N3O3. The summed E-state index contributed by atoms with van der Waals surface area (Å²) in [5.74, 6) is 0.298. The van der Waals surface area contributed by atoms with Gasteiger partial charge in [0, 0.05) is 5.69 Å². The van der Waals surface area contributed by atoms with E-state index in [1.54, 1.807) is 19.2 Å². The van der Waals surface area contributed by atoms with E-state index in [0.29, 0.717) is 11.3 Å². The summed E-state index contributed by atoms with van der Waals surface area (Å²) in [5.41, 5.74) is 4.50. The molecule has 1 N–H and O–H groups in total. The molecule has 3 aromatic rings. The number of para-hydroxylation sites is 1. The highest BCUT2D eigenvalue weighted by Crippen LogP contribution is 2.28. The number of anilines is 1. The quantitative estimate of drug-likeness (QED) is 0.780. The van der Waals surface area contributed by atoms with Crippen LogP contribution in [-0.4, -0.2) is 23.2 Å². The lowest BCUT2D eigenvalue weighted by Gasteiger charge is -2.11. The standard InChI is InChI=1S/C19H19N3O3/c1-11-9-12(2)16(13(3)10-11)20-17(23)19-22-21-18(25-19)14-7-5-6-8-15(14)24-4/h5-10H,1-4H3,(H,20,23). The van der Waals surface area contributed by atoms with Gasteiger partial charge in [-0.1, -0.05) is 29.8 Å². The molecule has 2 aromatic carbocycles. The minimum atomic E-state index is -0.441. The molecule has 0 atom stereocenters. The second kappa shape index (κ2) is 6.76. The van der Waals surface area contributed by atoms with Crippen molar-refractivity contribution in [2.24, 2.45) is 0 Å². The van der Waals surface area contributed by atoms with Crippen molar-refractivity contribution >= 4 is 11.6 Å². The van der Waals surface area contributed by atoms with Gasteiger partial charge in [-0.2, -0.15) is 0 Å². The Morgan fingerprint density at radius 1 is 1.08 bits per heavy atom. The zero-order valence-corrected chi connectivity index (χ0v) is 14.6. The van der Waals surface area contributed by atoms with Crippen molar-refractivity contribution in [3.8, 4) is 17.2 Å². The van der Waals surface area contributed by atoms with Crippen molar-refractivity contribution in [1.29, 1.82) is 0 Å². The van der Waals surface area contributed by atoms with E-state index < -0.39 is 5.91 Å². The van der Waals surface area contributed by atoms with Gasteiger partial charge in [0.2, 0.25) is 0 Å². The molecule has 128 valence electrons. The van der Waals surface area contributed by atoms with Gasteiger partial charge >= 0.3 is 11.8 Å². The van der Waals surface area contributed by atoms with Crippen LogP contribution in [0.25, 0.3) is 11.5 Å². The molecule has 1 heterocycles. The van der Waals surface area contributed by atoms with Gasteiger partial charge in [-0.05, 0) is 44.0 Å². The summed E-state index contributed by atoms with van der Waals surface area (Å²) in [6.45, 7) is 5.91. The summed E-state index contributed by atoms with van der Waals surface area (Å²) in [5, 5.41) is 10.7. The van der Waals surface area contributed by atoms with Crippen LogP contribution in [0, 0.1) is 20.8 Å². The number of ether oxygens (including phenoxy) is 1. The van der Waals surface area contributed by atoms with Crippen LogP contribution in [-0.2, 0) is 0 Å². The third-order valence-electron chi connectivity index (χ3n) is 3.87. The minimum absolute atomic E-state index is 0.0970. The van der Waals surface area contributed by atoms with Gasteiger partial charge in [0.25, 0.3) is 5.89 Å². The Bertz CT molecular complexity index is 908. The second-order valence-corrected chi connectivity index (χ2v) is 5.84. The van der Waals surface area contributed by atoms with Crippen molar-refractivity contribution < 1.29 is 13.9 Å². The molecule has 1 aromatic heterocycles. The van der Waals surface area contributed by atoms with Crippen molar-refractivity contribution in [1.82, 2.24) is 10.2 Å². The fourth-order valence-electron chi connectivity index (χ4n) is 2.79. The highest BCUT2D eigenvalue weighted by atomic mass is 16.5. The monoisotopic (exact) mass is 337 g/mol. The molecule has 6 heteroatoms. The number of aromatic nitrogens is 2. The summed E-state index contributed by atoms with van der Waals surface area (Å²) in [6, 6.07) is 11.3. The molecule has 0 spiro atoms. The number of nitrogens with one attached hydrogen (secondary N) is 1. The first-order chi connectivity index (χ1) is 12.0. The van der Waals surface area contributed by atoms with Crippen LogP contribution in [0.5, 0.6) is 5.75 Å². The SMILES string of the molecule is COc1ccccc1-c1nnc(C(=O)Nc2c(C)cc(C)cc2C)o1. The molecule has 0 unspecified atom stereocenters. The number of hydrogen-bond acceptors (Lipinski definition) is 5. The van der Waals surface area contributed by atoms with E-state index in [2.05, 4.69) is 15.5 Å². The predicted octanol–water partition coefficient (Wildman–Crippen LogP) is 3.92. The molecule has 0 fully saturated rings. The number of rotatable bonds is 4. The van der Waals surface area contributed by atoms with E-state index in [4.69, 9.17) is 9.15 Å². The first kappa shape index (κ1) is 16.7. The maximum absolute atomic E-state index is 12.5. The normalized spacial score (nSPS) is 10.6. The highest BCUT2D eigenvalue weighted by molar-refractivity contribution is 6.02. The number of benzene rings is 2. The van der Waals surface area contributed by atoms with Crippen LogP contribution in [0.4, 0.5) is 5.69 Å². The van der Waals surface area contributed by atoms with Gasteiger partial charge in [0.05, 0.1) is 12.7 Å². The number of amides is 1. The Hall–Kier alpha value is -3.15. The molecule has 0 radical (unpaired) electrons. The summed E-state index contributed by atoms with van der Waals surface area (Å²) in [4.78, 5) is 12.5. The van der Waals surface area contributed by atoms with Crippen LogP contribution < -0.4 is 10.1 Å². The maximum atomic E-state index is 12.5. The molecule has 6 nitrogen and oxygen atoms in total. The Labute approximate surface area is 145 Å². The fraction of sp³-hybridized carbons (Fsp3) is 0.211. The van der Waals surface area contributed by atoms with Gasteiger partial charge in [-0.3, -0.25) is 4.79 Å². The van der Waals surface area contributed by atoms with E-state index in [1.807, 2.05) is 45.0 Å². The van der Waals surface area contributed by atoms with Crippen molar-refractivity contribution in [2.75, 3.05) is 12.4 Å². The van der Waals surface area contributed by atoms with E-state index in [1.165, 1.54) is 0 Å². The van der Waals surface area contributed by atoms with Crippen LogP contribution >= 0.6 is 0 Å². The Morgan fingerprint density at radius 3 is 2.44 bits per heavy atom. The van der Waals surface area contributed by atoms with Crippen LogP contribution in [0.3, 0.4) is 0 Å². The fourth-order valence-corrected chi connectivity index (χ4v) is 2.79. The van der Waals surface area contributed by atoms with E-state index in [0.717, 1.165) is 22.4 Å². The predicted molar refractivity (Wildman–Crippen MR) is 94.9 cm³/mol. The molecule has 3 rings (SSSR count). The van der Waals surface area contributed by atoms with E-state index in [9.17, 15) is 4.79 Å². The average molecular weight is 337 g/mol. The maximum Gasteiger partial charge on any atom is 0.313 e. The minimum Gasteiger partial charge on any atom is -0.496 e. The van der Waals surface area contributed by atoms with E-state index in [-0.39, 0.29) is 11.8 Å². The Kier molecular flexibility index (Phi) is 4.52. The highest BCUT2D eigenvalue weighted by Gasteiger charge is 2.19. The number of hydrogen-bond donors (Lipinski definition) is 1. The molecular weight excluding hydrogens is 318 g/mol. The number of aryl methyl sites for hydroxylation is 3. The van der Waals surface area contributed by atoms with Crippen LogP contribution in [0.15, 0.2) is 40.8 Å². The Morgan fingerprint density at radius 2 is 1.76 bits per heavy atom. The van der Waals surface area contributed by atoms with Crippen LogP contribution in [0.2, 0.25) is 0 Å². The van der Waals surface area contributed by atoms with Gasteiger partial charge in [0.15, 0.2) is 0 Å². The van der Waals surface area contributed by atoms with Crippen molar-refractivity contribution in [2.45, 2.75) is 20.8 Å². The van der Waals surface area contributed by atoms with Gasteiger partial charge in [-0.15, -0.1) is 10.2 Å². The summed E-state index contributed by atoms with van der Waals surface area (Å²) < 4.78 is 10.8. The molecule has 25 heavy (non-hydrogen) atoms. The average Bonchev–Trinajstić information content (AvgIpc) is 3.08. The first-order valence-corrected chi connectivity index (χ1v) is 7.85. The third kappa shape index (κ3) is 3.38. The van der Waals surface area contributed by atoms with Gasteiger partial charge in [0.1, 0.15) is 5.75 Å². The van der Waals surface area contributed by atoms with Gasteiger partial charge < -0.3 is 14.5 Å². The smallest absolute Gasteiger partial charge is 0.313 e. The number of carbonyl (C=O) groups is 1. The first-order valence-electron chi connectivity index (χ1n) is 7.85. The molecule has 0 bridgehead atoms.